The number of nitrogens with zero attached hydrogens (tertiary/aromatic N) is 5. The second-order valence-corrected chi connectivity index (χ2v) is 4.12. The number of amidine groups is 1. The topological polar surface area (TPSA) is 45.8 Å². The van der Waals surface area contributed by atoms with E-state index in [0.29, 0.717) is 0 Å². The second kappa shape index (κ2) is 3.43. The van der Waals surface area contributed by atoms with Crippen molar-refractivity contribution in [3.8, 4) is 0 Å². The van der Waals surface area contributed by atoms with E-state index in [0.717, 1.165) is 49.2 Å². The lowest BCUT2D eigenvalue weighted by Crippen LogP contribution is -2.46. The van der Waals surface area contributed by atoms with Crippen molar-refractivity contribution in [1.29, 1.82) is 0 Å². The van der Waals surface area contributed by atoms with Gasteiger partial charge in [0.05, 0.1) is 5.69 Å². The van der Waals surface area contributed by atoms with Gasteiger partial charge in [0.25, 0.3) is 0 Å². The van der Waals surface area contributed by atoms with Crippen LogP contribution in [0.2, 0.25) is 0 Å². The normalized spacial score (nSPS) is 18.8. The number of aryl methyl sites for hydroxylation is 1. The van der Waals surface area contributed by atoms with Gasteiger partial charge in [0.15, 0.2) is 5.82 Å². The molecule has 0 saturated carbocycles. The molecule has 3 rings (SSSR count). The number of fused-ring (bicyclic) bond motifs is 3. The second-order valence-electron chi connectivity index (χ2n) is 4.12. The maximum Gasteiger partial charge on any atom is 0.229 e. The molecule has 0 N–H and O–H groups in total. The van der Waals surface area contributed by atoms with Crippen LogP contribution in [0.15, 0.2) is 16.1 Å². The third-order valence-corrected chi connectivity index (χ3v) is 2.91. The molecule has 5 heteroatoms. The van der Waals surface area contributed by atoms with Crippen molar-refractivity contribution in [2.24, 2.45) is 9.98 Å². The zero-order valence-corrected chi connectivity index (χ0v) is 9.64. The van der Waals surface area contributed by atoms with Gasteiger partial charge in [0.2, 0.25) is 5.96 Å². The first-order valence-electron chi connectivity index (χ1n) is 5.76. The molecule has 0 spiro atoms. The van der Waals surface area contributed by atoms with Crippen LogP contribution in [-0.4, -0.2) is 39.6 Å². The Kier molecular flexibility index (Phi) is 2.05. The van der Waals surface area contributed by atoms with E-state index in [1.54, 1.807) is 0 Å². The Morgan fingerprint density at radius 2 is 2.31 bits per heavy atom. The lowest BCUT2D eigenvalue weighted by atomic mass is 10.3. The molecule has 2 aliphatic heterocycles. The van der Waals surface area contributed by atoms with E-state index >= 15 is 0 Å². The van der Waals surface area contributed by atoms with Gasteiger partial charge in [-0.05, 0) is 13.3 Å². The van der Waals surface area contributed by atoms with E-state index in [9.17, 15) is 0 Å². The van der Waals surface area contributed by atoms with Crippen LogP contribution in [0.3, 0.4) is 0 Å². The first-order chi connectivity index (χ1) is 7.79. The van der Waals surface area contributed by atoms with Crippen molar-refractivity contribution in [2.75, 3.05) is 13.1 Å². The van der Waals surface area contributed by atoms with Gasteiger partial charge < -0.3 is 0 Å². The quantitative estimate of drug-likeness (QED) is 0.716. The molecule has 0 saturated heterocycles. The molecule has 0 aliphatic carbocycles. The minimum atomic E-state index is 0.890. The highest BCUT2D eigenvalue weighted by atomic mass is 15.5. The summed E-state index contributed by atoms with van der Waals surface area (Å²) in [5.41, 5.74) is 0.990. The van der Waals surface area contributed by atoms with Gasteiger partial charge >= 0.3 is 0 Å². The summed E-state index contributed by atoms with van der Waals surface area (Å²) in [6, 6.07) is 2.00. The molecule has 0 unspecified atom stereocenters. The summed E-state index contributed by atoms with van der Waals surface area (Å²) in [4.78, 5) is 11.4. The fraction of sp³-hybridized carbons (Fsp3) is 0.545. The number of rotatable bonds is 1. The summed E-state index contributed by atoms with van der Waals surface area (Å²) < 4.78 is 1.85. The molecule has 0 amide bonds. The molecule has 2 aliphatic rings. The Hall–Kier alpha value is -1.65. The van der Waals surface area contributed by atoms with Gasteiger partial charge in [-0.1, -0.05) is 6.92 Å². The van der Waals surface area contributed by atoms with Crippen molar-refractivity contribution in [3.05, 3.63) is 11.8 Å². The average molecular weight is 217 g/mol. The molecule has 1 aromatic rings. The third-order valence-electron chi connectivity index (χ3n) is 2.91. The summed E-state index contributed by atoms with van der Waals surface area (Å²) in [6.07, 6.45) is 2.03. The fourth-order valence-corrected chi connectivity index (χ4v) is 2.19. The Morgan fingerprint density at radius 3 is 3.12 bits per heavy atom. The maximum atomic E-state index is 4.63. The SMILES string of the molecule is CCC1=Nc2cc(C)nn2C2=NCCCN12. The van der Waals surface area contributed by atoms with Crippen LogP contribution in [0, 0.1) is 6.92 Å². The van der Waals surface area contributed by atoms with Gasteiger partial charge in [-0.2, -0.15) is 9.78 Å². The van der Waals surface area contributed by atoms with E-state index in [2.05, 4.69) is 26.9 Å². The van der Waals surface area contributed by atoms with E-state index < -0.39 is 0 Å². The van der Waals surface area contributed by atoms with Crippen molar-refractivity contribution in [3.63, 3.8) is 0 Å². The summed E-state index contributed by atoms with van der Waals surface area (Å²) in [7, 11) is 0. The Balaban J connectivity index is 2.17. The van der Waals surface area contributed by atoms with Crippen LogP contribution in [0.1, 0.15) is 25.5 Å². The summed E-state index contributed by atoms with van der Waals surface area (Å²) in [6.45, 7) is 6.01. The van der Waals surface area contributed by atoms with Crippen LogP contribution >= 0.6 is 0 Å². The minimum absolute atomic E-state index is 0.890. The summed E-state index contributed by atoms with van der Waals surface area (Å²) >= 11 is 0. The van der Waals surface area contributed by atoms with Gasteiger partial charge in [0, 0.05) is 25.6 Å². The Bertz CT molecular complexity index is 483. The smallest absolute Gasteiger partial charge is 0.229 e. The molecule has 16 heavy (non-hydrogen) atoms. The molecule has 3 heterocycles. The number of hydrogen-bond donors (Lipinski definition) is 0. The molecule has 0 atom stereocenters. The highest BCUT2D eigenvalue weighted by molar-refractivity contribution is 6.04. The van der Waals surface area contributed by atoms with Crippen LogP contribution in [0.25, 0.3) is 0 Å². The molecule has 0 bridgehead atoms. The van der Waals surface area contributed by atoms with Crippen molar-refractivity contribution >= 4 is 17.6 Å². The van der Waals surface area contributed by atoms with Crippen molar-refractivity contribution in [1.82, 2.24) is 14.7 Å². The highest BCUT2D eigenvalue weighted by Gasteiger charge is 2.27. The van der Waals surface area contributed by atoms with E-state index in [-0.39, 0.29) is 0 Å². The third kappa shape index (κ3) is 1.27. The highest BCUT2D eigenvalue weighted by Crippen LogP contribution is 2.23. The van der Waals surface area contributed by atoms with Crippen molar-refractivity contribution in [2.45, 2.75) is 26.7 Å². The molecular weight excluding hydrogens is 202 g/mol. The zero-order chi connectivity index (χ0) is 11.1. The minimum Gasteiger partial charge on any atom is -0.298 e. The summed E-state index contributed by atoms with van der Waals surface area (Å²) in [5.74, 6) is 2.96. The average Bonchev–Trinajstić information content (AvgIpc) is 2.68. The number of aromatic nitrogens is 2. The maximum absolute atomic E-state index is 4.63. The molecule has 5 nitrogen and oxygen atoms in total. The predicted molar refractivity (Wildman–Crippen MR) is 63.4 cm³/mol. The number of hydrogen-bond acceptors (Lipinski definition) is 4. The van der Waals surface area contributed by atoms with Crippen LogP contribution < -0.4 is 0 Å². The monoisotopic (exact) mass is 217 g/mol. The molecule has 0 fully saturated rings. The first-order valence-corrected chi connectivity index (χ1v) is 5.76. The molecule has 0 aromatic carbocycles. The van der Waals surface area contributed by atoms with Crippen molar-refractivity contribution < 1.29 is 0 Å². The number of aliphatic imine (C=N–C) groups is 2. The lowest BCUT2D eigenvalue weighted by molar-refractivity contribution is 0.505. The van der Waals surface area contributed by atoms with E-state index in [1.165, 1.54) is 0 Å². The Morgan fingerprint density at radius 1 is 1.44 bits per heavy atom. The molecule has 0 radical (unpaired) electrons. The van der Waals surface area contributed by atoms with Crippen LogP contribution in [0.5, 0.6) is 0 Å². The van der Waals surface area contributed by atoms with E-state index in [4.69, 9.17) is 0 Å². The van der Waals surface area contributed by atoms with Gasteiger partial charge in [-0.25, -0.2) is 4.99 Å². The lowest BCUT2D eigenvalue weighted by Gasteiger charge is -2.32. The largest absolute Gasteiger partial charge is 0.298 e. The van der Waals surface area contributed by atoms with Gasteiger partial charge in [-0.3, -0.25) is 9.89 Å². The molecule has 1 aromatic heterocycles. The molecule has 84 valence electrons. The Labute approximate surface area is 94.5 Å². The fourth-order valence-electron chi connectivity index (χ4n) is 2.19. The first kappa shape index (κ1) is 9.57. The van der Waals surface area contributed by atoms with Gasteiger partial charge in [0.1, 0.15) is 5.84 Å². The summed E-state index contributed by atoms with van der Waals surface area (Å²) in [5, 5.41) is 4.44. The van der Waals surface area contributed by atoms with Crippen LogP contribution in [-0.2, 0) is 0 Å². The molecular formula is C11H15N5. The predicted octanol–water partition coefficient (Wildman–Crippen LogP) is 1.55. The van der Waals surface area contributed by atoms with Crippen LogP contribution in [0.4, 0.5) is 5.82 Å². The zero-order valence-electron chi connectivity index (χ0n) is 9.64. The standard InChI is InChI=1S/C11H15N5/c1-3-9-13-10-7-8(2)14-16(10)11-12-5-4-6-15(9)11/h7H,3-6H2,1-2H3. The van der Waals surface area contributed by atoms with Gasteiger partial charge in [-0.15, -0.1) is 0 Å². The van der Waals surface area contributed by atoms with E-state index in [1.807, 2.05) is 17.7 Å².